The lowest BCUT2D eigenvalue weighted by molar-refractivity contribution is -0.132. The largest absolute Gasteiger partial charge is 0.483 e. The molecule has 3 nitrogen and oxygen atoms in total. The van der Waals surface area contributed by atoms with Crippen molar-refractivity contribution >= 4 is 5.91 Å². The molecule has 0 saturated heterocycles. The maximum atomic E-state index is 12.0. The predicted molar refractivity (Wildman–Crippen MR) is 78.4 cm³/mol. The number of carbonyl (C=O) groups is 1. The molecule has 3 heteroatoms. The molecule has 102 valence electrons. The lowest BCUT2D eigenvalue weighted by Gasteiger charge is -2.19. The van der Waals surface area contributed by atoms with E-state index in [2.05, 4.69) is 13.2 Å². The van der Waals surface area contributed by atoms with Gasteiger partial charge in [0.2, 0.25) is 0 Å². The highest BCUT2D eigenvalue weighted by Gasteiger charge is 2.12. The zero-order valence-electron chi connectivity index (χ0n) is 11.7. The van der Waals surface area contributed by atoms with Crippen LogP contribution in [0.25, 0.3) is 0 Å². The van der Waals surface area contributed by atoms with Gasteiger partial charge in [-0.25, -0.2) is 0 Å². The summed E-state index contributed by atoms with van der Waals surface area (Å²) >= 11 is 0. The molecule has 0 spiro atoms. The number of amides is 1. The summed E-state index contributed by atoms with van der Waals surface area (Å²) < 4.78 is 5.59. The van der Waals surface area contributed by atoms with E-state index in [0.717, 1.165) is 16.9 Å². The first-order valence-corrected chi connectivity index (χ1v) is 6.28. The average molecular weight is 259 g/mol. The van der Waals surface area contributed by atoms with Gasteiger partial charge in [-0.1, -0.05) is 24.3 Å². The van der Waals surface area contributed by atoms with Gasteiger partial charge in [-0.2, -0.15) is 0 Å². The van der Waals surface area contributed by atoms with Gasteiger partial charge in [-0.05, 0) is 31.0 Å². The fourth-order valence-electron chi connectivity index (χ4n) is 1.68. The summed E-state index contributed by atoms with van der Waals surface area (Å²) in [5, 5.41) is 0. The maximum absolute atomic E-state index is 12.0. The summed E-state index contributed by atoms with van der Waals surface area (Å²) in [5.41, 5.74) is 2.14. The van der Waals surface area contributed by atoms with Gasteiger partial charge in [0.15, 0.2) is 6.61 Å². The lowest BCUT2D eigenvalue weighted by atomic mass is 10.1. The first kappa shape index (κ1) is 15.0. The van der Waals surface area contributed by atoms with Gasteiger partial charge in [0, 0.05) is 13.1 Å². The van der Waals surface area contributed by atoms with E-state index in [4.69, 9.17) is 4.74 Å². The van der Waals surface area contributed by atoms with Crippen LogP contribution in [0.15, 0.2) is 43.5 Å². The molecule has 1 aromatic rings. The van der Waals surface area contributed by atoms with Crippen molar-refractivity contribution in [2.45, 2.75) is 13.8 Å². The normalized spacial score (nSPS) is 9.79. The van der Waals surface area contributed by atoms with E-state index in [0.29, 0.717) is 13.1 Å². The lowest BCUT2D eigenvalue weighted by Crippen LogP contribution is -2.35. The zero-order chi connectivity index (χ0) is 14.3. The maximum Gasteiger partial charge on any atom is 0.261 e. The van der Waals surface area contributed by atoms with Gasteiger partial charge in [0.25, 0.3) is 5.91 Å². The Labute approximate surface area is 115 Å². The summed E-state index contributed by atoms with van der Waals surface area (Å²) in [5.74, 6) is 0.686. The molecule has 0 fully saturated rings. The Balaban J connectivity index is 2.63. The number of benzene rings is 1. The fraction of sp³-hybridized carbons (Fsp3) is 0.312. The minimum absolute atomic E-state index is 0.0337. The van der Waals surface area contributed by atoms with Crippen LogP contribution >= 0.6 is 0 Å². The Morgan fingerprint density at radius 1 is 1.26 bits per heavy atom. The molecule has 1 amide bonds. The minimum Gasteiger partial charge on any atom is -0.483 e. The smallest absolute Gasteiger partial charge is 0.261 e. The topological polar surface area (TPSA) is 29.5 Å². The molecule has 0 N–H and O–H groups in total. The van der Waals surface area contributed by atoms with Crippen molar-refractivity contribution in [3.63, 3.8) is 0 Å². The molecule has 1 aromatic carbocycles. The number of carbonyl (C=O) groups excluding carboxylic acids is 1. The number of hydrogen-bond acceptors (Lipinski definition) is 2. The van der Waals surface area contributed by atoms with Gasteiger partial charge < -0.3 is 9.64 Å². The Bertz CT molecular complexity index is 456. The first-order chi connectivity index (χ1) is 9.08. The SMILES string of the molecule is C=CCN(CC=C)C(=O)COc1cc(C)ccc1C. The summed E-state index contributed by atoms with van der Waals surface area (Å²) in [6, 6.07) is 5.94. The number of aryl methyl sites for hydroxylation is 2. The molecule has 0 saturated carbocycles. The van der Waals surface area contributed by atoms with Crippen molar-refractivity contribution in [1.82, 2.24) is 4.90 Å². The van der Waals surface area contributed by atoms with Crippen LogP contribution in [0, 0.1) is 13.8 Å². The quantitative estimate of drug-likeness (QED) is 0.705. The molecule has 0 heterocycles. The van der Waals surface area contributed by atoms with Crippen LogP contribution in [0.2, 0.25) is 0 Å². The molecule has 0 aromatic heterocycles. The van der Waals surface area contributed by atoms with Crippen LogP contribution < -0.4 is 4.74 Å². The fourth-order valence-corrected chi connectivity index (χ4v) is 1.68. The molecule has 0 radical (unpaired) electrons. The molecule has 0 aliphatic rings. The first-order valence-electron chi connectivity index (χ1n) is 6.28. The van der Waals surface area contributed by atoms with Gasteiger partial charge in [0.05, 0.1) is 0 Å². The Hall–Kier alpha value is -2.03. The monoisotopic (exact) mass is 259 g/mol. The average Bonchev–Trinajstić information content (AvgIpc) is 2.39. The molecule has 0 bridgehead atoms. The zero-order valence-corrected chi connectivity index (χ0v) is 11.7. The van der Waals surface area contributed by atoms with Crippen LogP contribution in [0.3, 0.4) is 0 Å². The van der Waals surface area contributed by atoms with Crippen molar-refractivity contribution in [2.75, 3.05) is 19.7 Å². The van der Waals surface area contributed by atoms with E-state index in [-0.39, 0.29) is 12.5 Å². The van der Waals surface area contributed by atoms with Crippen molar-refractivity contribution in [3.05, 3.63) is 54.6 Å². The molecule has 1 rings (SSSR count). The third-order valence-corrected chi connectivity index (χ3v) is 2.75. The number of rotatable bonds is 7. The van der Waals surface area contributed by atoms with Crippen LogP contribution in [0.1, 0.15) is 11.1 Å². The highest BCUT2D eigenvalue weighted by molar-refractivity contribution is 5.78. The highest BCUT2D eigenvalue weighted by Crippen LogP contribution is 2.19. The van der Waals surface area contributed by atoms with Gasteiger partial charge >= 0.3 is 0 Å². The number of hydrogen-bond donors (Lipinski definition) is 0. The van der Waals surface area contributed by atoms with E-state index < -0.39 is 0 Å². The van der Waals surface area contributed by atoms with Crippen molar-refractivity contribution in [2.24, 2.45) is 0 Å². The molecule has 0 aliphatic carbocycles. The second-order valence-electron chi connectivity index (χ2n) is 4.43. The summed E-state index contributed by atoms with van der Waals surface area (Å²) in [4.78, 5) is 13.6. The van der Waals surface area contributed by atoms with Crippen LogP contribution in [-0.4, -0.2) is 30.5 Å². The molecule has 0 aliphatic heterocycles. The van der Waals surface area contributed by atoms with Crippen LogP contribution in [0.5, 0.6) is 5.75 Å². The summed E-state index contributed by atoms with van der Waals surface area (Å²) in [6.45, 7) is 12.3. The second kappa shape index (κ2) is 7.41. The van der Waals surface area contributed by atoms with Gasteiger partial charge in [0.1, 0.15) is 5.75 Å². The van der Waals surface area contributed by atoms with Crippen molar-refractivity contribution < 1.29 is 9.53 Å². The molecule has 0 unspecified atom stereocenters. The predicted octanol–water partition coefficient (Wildman–Crippen LogP) is 2.88. The third kappa shape index (κ3) is 4.62. The molecular weight excluding hydrogens is 238 g/mol. The molecule has 0 atom stereocenters. The molecular formula is C16H21NO2. The van der Waals surface area contributed by atoms with Gasteiger partial charge in [-0.15, -0.1) is 13.2 Å². The van der Waals surface area contributed by atoms with E-state index >= 15 is 0 Å². The highest BCUT2D eigenvalue weighted by atomic mass is 16.5. The third-order valence-electron chi connectivity index (χ3n) is 2.75. The Morgan fingerprint density at radius 3 is 2.47 bits per heavy atom. The van der Waals surface area contributed by atoms with Crippen LogP contribution in [-0.2, 0) is 4.79 Å². The summed E-state index contributed by atoms with van der Waals surface area (Å²) in [6.07, 6.45) is 3.39. The number of nitrogens with zero attached hydrogens (tertiary/aromatic N) is 1. The van der Waals surface area contributed by atoms with Crippen LogP contribution in [0.4, 0.5) is 0 Å². The second-order valence-corrected chi connectivity index (χ2v) is 4.43. The Kier molecular flexibility index (Phi) is 5.86. The minimum atomic E-state index is -0.0688. The van der Waals surface area contributed by atoms with E-state index in [1.165, 1.54) is 0 Å². The molecule has 19 heavy (non-hydrogen) atoms. The van der Waals surface area contributed by atoms with E-state index in [1.54, 1.807) is 17.1 Å². The Morgan fingerprint density at radius 2 is 1.89 bits per heavy atom. The summed E-state index contributed by atoms with van der Waals surface area (Å²) in [7, 11) is 0. The van der Waals surface area contributed by atoms with E-state index in [9.17, 15) is 4.79 Å². The number of ether oxygens (including phenoxy) is 1. The van der Waals surface area contributed by atoms with Crippen molar-refractivity contribution in [1.29, 1.82) is 0 Å². The van der Waals surface area contributed by atoms with Gasteiger partial charge in [-0.3, -0.25) is 4.79 Å². The standard InChI is InChI=1S/C16H21NO2/c1-5-9-17(10-6-2)16(18)12-19-15-11-13(3)7-8-14(15)4/h5-8,11H,1-2,9-10,12H2,3-4H3. The van der Waals surface area contributed by atoms with Crippen molar-refractivity contribution in [3.8, 4) is 5.75 Å². The van der Waals surface area contributed by atoms with E-state index in [1.807, 2.05) is 32.0 Å².